The van der Waals surface area contributed by atoms with Gasteiger partial charge in [0.25, 0.3) is 0 Å². The Bertz CT molecular complexity index is 1390. The van der Waals surface area contributed by atoms with Gasteiger partial charge in [-0.1, -0.05) is 207 Å². The molecule has 0 aliphatic heterocycles. The Kier molecular flexibility index (Phi) is 72.8. The van der Waals surface area contributed by atoms with E-state index in [2.05, 4.69) is 172 Å². The number of rotatable bonds is 31. The highest BCUT2D eigenvalue weighted by molar-refractivity contribution is 9.20. The van der Waals surface area contributed by atoms with Gasteiger partial charge in [0.1, 0.15) is 23.9 Å². The molecular weight excluding hydrogens is 1530 g/mol. The first-order valence-corrected chi connectivity index (χ1v) is 33.5. The van der Waals surface area contributed by atoms with Crippen molar-refractivity contribution in [2.75, 3.05) is 80.1 Å². The number of aliphatic hydroxyl groups is 1. The van der Waals surface area contributed by atoms with Gasteiger partial charge in [-0.3, -0.25) is 28.8 Å². The molecule has 0 saturated carbocycles. The van der Waals surface area contributed by atoms with Gasteiger partial charge in [-0.05, 0) is 154 Å². The Morgan fingerprint density at radius 1 is 0.359 bits per heavy atom. The minimum atomic E-state index is -0.596. The van der Waals surface area contributed by atoms with E-state index >= 15 is 0 Å². The number of alkyl halides is 6. The van der Waals surface area contributed by atoms with Gasteiger partial charge in [0, 0.05) is 14.2 Å². The van der Waals surface area contributed by atoms with Gasteiger partial charge < -0.3 is 38.4 Å². The maximum Gasteiger partial charge on any atom is 0.322 e. The fourth-order valence-corrected chi connectivity index (χ4v) is 4.70. The van der Waals surface area contributed by atoms with E-state index in [1.54, 1.807) is 90.4 Å². The summed E-state index contributed by atoms with van der Waals surface area (Å²) in [6, 6.07) is 0. The number of carbonyl (C=O) groups excluding carboxylic acids is 6. The molecule has 0 aromatic heterocycles. The summed E-state index contributed by atoms with van der Waals surface area (Å²) in [4.78, 5) is 67.5. The van der Waals surface area contributed by atoms with E-state index in [1.165, 1.54) is 90.3 Å². The minimum Gasteiger partial charge on any atom is -0.465 e. The molecule has 0 amide bonds. The molecule has 0 rings (SSSR count). The molecule has 0 bridgehead atoms. The summed E-state index contributed by atoms with van der Waals surface area (Å²) in [5, 5.41) is 7.94. The number of hydrogen-bond donors (Lipinski definition) is 1. The fraction of sp³-hybridized carbons (Fsp3) is 0.893. The van der Waals surface area contributed by atoms with Crippen LogP contribution in [-0.2, 0) is 57.2 Å². The number of methoxy groups -OCH3 is 2. The second-order valence-electron chi connectivity index (χ2n) is 20.1. The Hall–Kier alpha value is 0.900. The average Bonchev–Trinajstić information content (AvgIpc) is 3.31. The number of hydrogen-bond acceptors (Lipinski definition) is 14. The molecule has 14 nitrogen and oxygen atoms in total. The average molecular weight is 1640 g/mol. The van der Waals surface area contributed by atoms with E-state index in [9.17, 15) is 28.8 Å². The number of ether oxygens (including phenoxy) is 6. The van der Waals surface area contributed by atoms with Crippen LogP contribution >= 0.6 is 127 Å². The molecule has 0 radical (unpaired) electrons. The Balaban J connectivity index is -0.000000124. The molecule has 78 heavy (non-hydrogen) atoms. The van der Waals surface area contributed by atoms with Crippen molar-refractivity contribution in [3.05, 3.63) is 0 Å². The maximum absolute atomic E-state index is 11.5. The van der Waals surface area contributed by atoms with Crippen molar-refractivity contribution in [3.63, 3.8) is 0 Å². The molecule has 1 N–H and O–H groups in total. The summed E-state index contributed by atoms with van der Waals surface area (Å²) >= 11 is 24.8. The van der Waals surface area contributed by atoms with Crippen molar-refractivity contribution in [2.24, 2.45) is 0 Å². The Morgan fingerprint density at radius 2 is 0.590 bits per heavy atom. The smallest absolute Gasteiger partial charge is 0.322 e. The Morgan fingerprint density at radius 3 is 0.756 bits per heavy atom. The molecule has 0 atom stereocenters. The van der Waals surface area contributed by atoms with Crippen LogP contribution in [0.3, 0.4) is 0 Å². The highest BCUT2D eigenvalue weighted by atomic mass is 79.9. The van der Waals surface area contributed by atoms with Gasteiger partial charge in [0.15, 0.2) is 0 Å². The van der Waals surface area contributed by atoms with E-state index in [0.717, 1.165) is 19.3 Å². The number of halogens is 8. The molecule has 0 aromatic carbocycles. The zero-order valence-corrected chi connectivity index (χ0v) is 64.5. The summed E-state index contributed by atoms with van der Waals surface area (Å²) in [5.74, 6) is -0.827. The van der Waals surface area contributed by atoms with Crippen molar-refractivity contribution in [2.45, 2.75) is 240 Å². The first-order valence-electron chi connectivity index (χ1n) is 27.1. The number of aliphatic hydroxyl groups excluding tert-OH is 1. The van der Waals surface area contributed by atoms with E-state index < -0.39 is 25.9 Å². The predicted octanol–water partition coefficient (Wildman–Crippen LogP) is 17.1. The third-order valence-electron chi connectivity index (χ3n) is 9.27. The normalized spacial score (nSPS) is 11.1. The van der Waals surface area contributed by atoms with Gasteiger partial charge in [-0.15, -0.1) is 0 Å². The highest BCUT2D eigenvalue weighted by Gasteiger charge is 2.27. The highest BCUT2D eigenvalue weighted by Crippen LogP contribution is 2.22. The van der Waals surface area contributed by atoms with Crippen LogP contribution in [0.4, 0.5) is 0 Å². The minimum absolute atomic E-state index is 0.0278. The van der Waals surface area contributed by atoms with Gasteiger partial charge in [-0.25, -0.2) is 0 Å². The van der Waals surface area contributed by atoms with Crippen LogP contribution in [0, 0.1) is 0 Å². The quantitative estimate of drug-likeness (QED) is 0.0228. The molecular formula is C56H109Br8NO13. The number of unbranched alkanes of at least 4 members (excludes halogenated alkanes) is 12. The van der Waals surface area contributed by atoms with Crippen LogP contribution in [0.25, 0.3) is 0 Å². The van der Waals surface area contributed by atoms with Crippen molar-refractivity contribution in [1.29, 1.82) is 0 Å². The van der Waals surface area contributed by atoms with E-state index in [-0.39, 0.29) is 39.9 Å². The largest absolute Gasteiger partial charge is 0.465 e. The third kappa shape index (κ3) is 83.4. The molecule has 0 aromatic rings. The lowest BCUT2D eigenvalue weighted by molar-refractivity contribution is -0.147. The first-order chi connectivity index (χ1) is 35.6. The summed E-state index contributed by atoms with van der Waals surface area (Å²) in [6.07, 6.45) is 17.5. The fourth-order valence-electron chi connectivity index (χ4n) is 4.25. The summed E-state index contributed by atoms with van der Waals surface area (Å²) in [6.45, 7) is 40.5. The second-order valence-corrected chi connectivity index (χ2v) is 33.4. The molecule has 472 valence electrons. The third-order valence-corrected chi connectivity index (χ3v) is 14.3. The zero-order chi connectivity index (χ0) is 63.3. The lowest BCUT2D eigenvalue weighted by Crippen LogP contribution is -2.27. The molecule has 0 saturated heterocycles. The molecule has 22 heteroatoms. The second kappa shape index (κ2) is 59.6. The summed E-state index contributed by atoms with van der Waals surface area (Å²) in [7, 11) is 3.11. The van der Waals surface area contributed by atoms with Crippen molar-refractivity contribution < 1.29 is 62.3 Å². The van der Waals surface area contributed by atoms with E-state index in [4.69, 9.17) is 28.8 Å². The monoisotopic (exact) mass is 1640 g/mol. The SMILES string of the molecule is CC(C)(Br)C(=O)Br.CC(C)(Br)C(=O)Br.CCCCCCCCCCCCOC(=O)C(C)(C)Br.CCCCCCOC(=O)C(C)(C)Br.CCN(CC)CC.CCOC(=O)C(C)(C)Br.COCCO.COCCOC(=O)C(C)(C)Br. The van der Waals surface area contributed by atoms with Crippen LogP contribution in [0.5, 0.6) is 0 Å². The molecule has 0 unspecified atom stereocenters. The number of nitrogens with zero attached hydrogens (tertiary/aromatic N) is 1. The van der Waals surface area contributed by atoms with Crippen LogP contribution in [0.2, 0.25) is 0 Å². The van der Waals surface area contributed by atoms with Gasteiger partial charge >= 0.3 is 23.9 Å². The summed E-state index contributed by atoms with van der Waals surface area (Å²) < 4.78 is 25.9. The summed E-state index contributed by atoms with van der Waals surface area (Å²) in [5.41, 5.74) is 0. The van der Waals surface area contributed by atoms with E-state index in [0.29, 0.717) is 39.6 Å². The van der Waals surface area contributed by atoms with Crippen molar-refractivity contribution in [3.8, 4) is 0 Å². The van der Waals surface area contributed by atoms with E-state index in [1.807, 2.05) is 13.8 Å². The first kappa shape index (κ1) is 95.2. The van der Waals surface area contributed by atoms with Gasteiger partial charge in [0.2, 0.25) is 9.39 Å². The van der Waals surface area contributed by atoms with Crippen LogP contribution in [0.15, 0.2) is 0 Å². The Labute approximate surface area is 543 Å². The van der Waals surface area contributed by atoms with Gasteiger partial charge in [-0.2, -0.15) is 0 Å². The molecule has 0 spiro atoms. The number of esters is 4. The standard InChI is InChI=1S/C16H31BrO2.C10H19BrO2.C7H13BrO3.C6H11BrO2.C6H15N.2C4H6Br2O.C3H8O2/c1-4-5-6-7-8-9-10-11-12-13-14-19-15(18)16(2,3)17;1-4-5-6-7-8-13-9(12)10(2,3)11;1-7(2,8)6(9)11-5-4-10-3;1-4-9-5(8)6(2,3)7;1-4-7(5-2)6-3;2*1-4(2,6)3(5)7;1-5-3-2-4/h4-14H2,1-3H3;4-8H2,1-3H3;4-5H2,1-3H3;4H2,1-3H3;4-6H2,1-3H3;2*1-2H3;4H,2-3H2,1H3. The van der Waals surface area contributed by atoms with Crippen molar-refractivity contribution >= 4 is 161 Å². The predicted molar refractivity (Wildman–Crippen MR) is 356 cm³/mol. The lowest BCUT2D eigenvalue weighted by atomic mass is 10.1. The van der Waals surface area contributed by atoms with Crippen LogP contribution in [0.1, 0.15) is 215 Å². The molecule has 0 fully saturated rings. The van der Waals surface area contributed by atoms with Crippen LogP contribution < -0.4 is 0 Å². The van der Waals surface area contributed by atoms with Gasteiger partial charge in [0.05, 0.1) is 48.3 Å². The van der Waals surface area contributed by atoms with Crippen molar-refractivity contribution in [1.82, 2.24) is 4.90 Å². The molecule has 0 heterocycles. The topological polar surface area (TPSA) is 181 Å². The molecule has 0 aliphatic carbocycles. The number of carbonyl (C=O) groups is 6. The van der Waals surface area contributed by atoms with Crippen LogP contribution in [-0.4, -0.2) is 149 Å². The molecule has 0 aliphatic rings. The lowest BCUT2D eigenvalue weighted by Gasteiger charge is -2.14. The maximum atomic E-state index is 11.5. The zero-order valence-electron chi connectivity index (χ0n) is 51.8.